The Balaban J connectivity index is 1.33. The van der Waals surface area contributed by atoms with Crippen molar-refractivity contribution in [2.24, 2.45) is 0 Å². The van der Waals surface area contributed by atoms with Crippen LogP contribution in [0.1, 0.15) is 44.4 Å². The normalized spacial score (nSPS) is 14.7. The number of benzene rings is 2. The van der Waals surface area contributed by atoms with E-state index < -0.39 is 0 Å². The number of rotatable bonds is 7. The molecule has 0 saturated heterocycles. The number of aromatic nitrogens is 1. The van der Waals surface area contributed by atoms with Gasteiger partial charge < -0.3 is 10.1 Å². The maximum absolute atomic E-state index is 12.7. The number of hydrogen-bond donors (Lipinski definition) is 2. The van der Waals surface area contributed by atoms with Gasteiger partial charge in [0.2, 0.25) is 5.91 Å². The summed E-state index contributed by atoms with van der Waals surface area (Å²) in [6.07, 6.45) is 2.32. The van der Waals surface area contributed by atoms with Crippen molar-refractivity contribution < 1.29 is 14.3 Å². The molecule has 1 heterocycles. The Morgan fingerprint density at radius 2 is 1.87 bits per heavy atom. The highest BCUT2D eigenvalue weighted by Crippen LogP contribution is 2.38. The first-order valence-electron chi connectivity index (χ1n) is 10.3. The van der Waals surface area contributed by atoms with E-state index in [4.69, 9.17) is 4.74 Å². The highest BCUT2D eigenvalue weighted by atomic mass is 32.1. The molecule has 0 spiro atoms. The number of carbonyl (C=O) groups is 2. The van der Waals surface area contributed by atoms with Crippen molar-refractivity contribution in [2.75, 3.05) is 19.0 Å². The number of ether oxygens (including phenoxy) is 1. The molecule has 160 valence electrons. The van der Waals surface area contributed by atoms with E-state index in [0.29, 0.717) is 17.2 Å². The molecule has 2 aromatic carbocycles. The Bertz CT molecular complexity index is 1070. The molecule has 0 fully saturated rings. The minimum atomic E-state index is -0.257. The van der Waals surface area contributed by atoms with Gasteiger partial charge in [-0.25, -0.2) is 4.98 Å². The van der Waals surface area contributed by atoms with Crippen molar-refractivity contribution >= 4 is 28.3 Å². The number of carbonyl (C=O) groups excluding carboxylic acids is 2. The fraction of sp³-hybridized carbons (Fsp3) is 0.292. The van der Waals surface area contributed by atoms with Crippen molar-refractivity contribution in [1.82, 2.24) is 10.3 Å². The zero-order valence-corrected chi connectivity index (χ0v) is 18.4. The fourth-order valence-corrected chi connectivity index (χ4v) is 4.69. The van der Waals surface area contributed by atoms with Crippen LogP contribution in [0.15, 0.2) is 48.5 Å². The van der Waals surface area contributed by atoms with Gasteiger partial charge in [0, 0.05) is 17.0 Å². The number of methoxy groups -OCH3 is 1. The molecule has 1 aliphatic carbocycles. The van der Waals surface area contributed by atoms with E-state index in [-0.39, 0.29) is 17.7 Å². The number of anilines is 1. The maximum atomic E-state index is 12.7. The Kier molecular flexibility index (Phi) is 6.32. The Hall–Kier alpha value is -3.19. The number of nitrogens with one attached hydrogen (secondary N) is 2. The van der Waals surface area contributed by atoms with Gasteiger partial charge in [-0.05, 0) is 56.0 Å². The summed E-state index contributed by atoms with van der Waals surface area (Å²) in [6, 6.07) is 15.2. The van der Waals surface area contributed by atoms with Crippen LogP contribution in [0.3, 0.4) is 0 Å². The lowest BCUT2D eigenvalue weighted by atomic mass is 10.1. The molecule has 0 bridgehead atoms. The molecule has 0 radical (unpaired) electrons. The summed E-state index contributed by atoms with van der Waals surface area (Å²) < 4.78 is 5.17. The van der Waals surface area contributed by atoms with Crippen LogP contribution in [0.5, 0.6) is 5.75 Å². The number of fused-ring (bicyclic) bond motifs is 1. The second-order valence-corrected chi connectivity index (χ2v) is 8.71. The first-order valence-corrected chi connectivity index (χ1v) is 11.1. The monoisotopic (exact) mass is 435 g/mol. The molecule has 31 heavy (non-hydrogen) atoms. The van der Waals surface area contributed by atoms with E-state index in [9.17, 15) is 9.59 Å². The van der Waals surface area contributed by atoms with Crippen LogP contribution in [0.4, 0.5) is 5.13 Å². The van der Waals surface area contributed by atoms with Crippen LogP contribution >= 0.6 is 11.3 Å². The van der Waals surface area contributed by atoms with Crippen LogP contribution in [-0.2, 0) is 17.6 Å². The Labute approximate surface area is 185 Å². The van der Waals surface area contributed by atoms with Gasteiger partial charge >= 0.3 is 0 Å². The van der Waals surface area contributed by atoms with Gasteiger partial charge in [0.1, 0.15) is 5.75 Å². The average molecular weight is 436 g/mol. The number of thiazole rings is 1. The van der Waals surface area contributed by atoms with E-state index in [2.05, 4.69) is 15.6 Å². The smallest absolute Gasteiger partial charge is 0.257 e. The molecular weight excluding hydrogens is 410 g/mol. The largest absolute Gasteiger partial charge is 0.497 e. The number of aryl methyl sites for hydroxylation is 2. The molecule has 0 aliphatic heterocycles. The van der Waals surface area contributed by atoms with Gasteiger partial charge in [-0.2, -0.15) is 0 Å². The third kappa shape index (κ3) is 4.94. The summed E-state index contributed by atoms with van der Waals surface area (Å²) >= 11 is 1.46. The predicted octanol–water partition coefficient (Wildman–Crippen LogP) is 4.10. The lowest BCUT2D eigenvalue weighted by Crippen LogP contribution is -2.30. The molecule has 0 saturated carbocycles. The average Bonchev–Trinajstić information content (AvgIpc) is 3.34. The van der Waals surface area contributed by atoms with Crippen molar-refractivity contribution in [3.8, 4) is 5.75 Å². The lowest BCUT2D eigenvalue weighted by Gasteiger charge is -2.11. The second kappa shape index (κ2) is 9.31. The van der Waals surface area contributed by atoms with Gasteiger partial charge in [-0.3, -0.25) is 14.9 Å². The molecule has 7 heteroatoms. The van der Waals surface area contributed by atoms with E-state index in [1.165, 1.54) is 11.3 Å². The number of nitrogens with zero attached hydrogens (tertiary/aromatic N) is 1. The predicted molar refractivity (Wildman–Crippen MR) is 122 cm³/mol. The lowest BCUT2D eigenvalue weighted by molar-refractivity contribution is -0.122. The summed E-state index contributed by atoms with van der Waals surface area (Å²) in [6.45, 7) is 2.55. The number of amides is 2. The van der Waals surface area contributed by atoms with Crippen LogP contribution in [0.25, 0.3) is 0 Å². The first-order chi connectivity index (χ1) is 15.0. The van der Waals surface area contributed by atoms with Gasteiger partial charge in [0.05, 0.1) is 18.7 Å². The molecule has 2 N–H and O–H groups in total. The van der Waals surface area contributed by atoms with E-state index >= 15 is 0 Å². The quantitative estimate of drug-likeness (QED) is 0.586. The van der Waals surface area contributed by atoms with E-state index in [1.54, 1.807) is 19.2 Å². The molecule has 6 nitrogen and oxygen atoms in total. The minimum absolute atomic E-state index is 0.00558. The minimum Gasteiger partial charge on any atom is -0.497 e. The summed E-state index contributed by atoms with van der Waals surface area (Å²) in [5.41, 5.74) is 3.63. The van der Waals surface area contributed by atoms with Crippen molar-refractivity contribution in [2.45, 2.75) is 32.1 Å². The first kappa shape index (κ1) is 21.1. The summed E-state index contributed by atoms with van der Waals surface area (Å²) in [5.74, 6) is 0.370. The zero-order chi connectivity index (χ0) is 21.8. The van der Waals surface area contributed by atoms with Gasteiger partial charge in [-0.15, -0.1) is 11.3 Å². The van der Waals surface area contributed by atoms with Crippen LogP contribution in [0, 0.1) is 6.92 Å². The molecule has 0 unspecified atom stereocenters. The summed E-state index contributed by atoms with van der Waals surface area (Å²) in [4.78, 5) is 30.8. The van der Waals surface area contributed by atoms with Crippen LogP contribution in [-0.4, -0.2) is 30.5 Å². The Morgan fingerprint density at radius 3 is 2.58 bits per heavy atom. The van der Waals surface area contributed by atoms with Crippen molar-refractivity contribution in [1.29, 1.82) is 0 Å². The van der Waals surface area contributed by atoms with Crippen LogP contribution in [0.2, 0.25) is 0 Å². The standard InChI is InChI=1S/C24H25N3O3S/c1-15-3-7-17(8-4-15)22(28)27-24-26-21-19(11-12-20(21)31-24)23(29)25-14-13-16-5-9-18(30-2)10-6-16/h3-10,19H,11-14H2,1-2H3,(H,25,29)(H,26,27,28)/t19-/m1/s1. The highest BCUT2D eigenvalue weighted by Gasteiger charge is 2.32. The topological polar surface area (TPSA) is 80.3 Å². The Morgan fingerprint density at radius 1 is 1.13 bits per heavy atom. The molecule has 4 rings (SSSR count). The fourth-order valence-electron chi connectivity index (χ4n) is 3.66. The van der Waals surface area contributed by atoms with Gasteiger partial charge in [-0.1, -0.05) is 29.8 Å². The molecule has 1 aliphatic rings. The van der Waals surface area contributed by atoms with E-state index in [1.807, 2.05) is 43.3 Å². The third-order valence-electron chi connectivity index (χ3n) is 5.44. The summed E-state index contributed by atoms with van der Waals surface area (Å²) in [7, 11) is 1.64. The molecule has 1 aromatic heterocycles. The SMILES string of the molecule is COc1ccc(CCNC(=O)[C@@H]2CCc3sc(NC(=O)c4ccc(C)cc4)nc32)cc1. The zero-order valence-electron chi connectivity index (χ0n) is 17.6. The highest BCUT2D eigenvalue weighted by molar-refractivity contribution is 7.16. The van der Waals surface area contributed by atoms with Gasteiger partial charge in [0.25, 0.3) is 5.91 Å². The maximum Gasteiger partial charge on any atom is 0.257 e. The van der Waals surface area contributed by atoms with Crippen molar-refractivity contribution in [3.05, 3.63) is 75.8 Å². The molecule has 3 aromatic rings. The second-order valence-electron chi connectivity index (χ2n) is 7.63. The van der Waals surface area contributed by atoms with Gasteiger partial charge in [0.15, 0.2) is 5.13 Å². The number of hydrogen-bond acceptors (Lipinski definition) is 5. The third-order valence-corrected chi connectivity index (χ3v) is 6.49. The molecule has 2 amide bonds. The van der Waals surface area contributed by atoms with Crippen LogP contribution < -0.4 is 15.4 Å². The van der Waals surface area contributed by atoms with E-state index in [0.717, 1.165) is 46.7 Å². The van der Waals surface area contributed by atoms with Crippen molar-refractivity contribution in [3.63, 3.8) is 0 Å². The summed E-state index contributed by atoms with van der Waals surface area (Å²) in [5, 5.41) is 6.45. The molecular formula is C24H25N3O3S. The molecule has 1 atom stereocenters.